The van der Waals surface area contributed by atoms with Gasteiger partial charge in [0.1, 0.15) is 22.5 Å². The lowest BCUT2D eigenvalue weighted by Crippen LogP contribution is -2.47. The van der Waals surface area contributed by atoms with Crippen LogP contribution in [0.5, 0.6) is 0 Å². The Balaban J connectivity index is 1.34. The summed E-state index contributed by atoms with van der Waals surface area (Å²) in [5.41, 5.74) is 1.79. The molecule has 38 heavy (non-hydrogen) atoms. The van der Waals surface area contributed by atoms with E-state index in [0.29, 0.717) is 36.3 Å². The first-order valence-electron chi connectivity index (χ1n) is 12.7. The number of aromatic amines is 1. The van der Waals surface area contributed by atoms with Crippen LogP contribution in [0, 0.1) is 5.92 Å². The molecule has 1 aromatic carbocycles. The van der Waals surface area contributed by atoms with Crippen molar-refractivity contribution in [2.75, 3.05) is 47.9 Å². The summed E-state index contributed by atoms with van der Waals surface area (Å²) in [4.78, 5) is 34.4. The summed E-state index contributed by atoms with van der Waals surface area (Å²) in [5, 5.41) is 34.4. The Morgan fingerprint density at radius 1 is 1.03 bits per heavy atom. The summed E-state index contributed by atoms with van der Waals surface area (Å²) in [5.74, 6) is 0.266. The third-order valence-corrected chi connectivity index (χ3v) is 8.42. The highest BCUT2D eigenvalue weighted by molar-refractivity contribution is 7.21. The maximum absolute atomic E-state index is 13.5. The lowest BCUT2D eigenvalue weighted by atomic mass is 10.1. The van der Waals surface area contributed by atoms with E-state index in [1.807, 2.05) is 47.5 Å². The zero-order valence-corrected chi connectivity index (χ0v) is 21.4. The minimum atomic E-state index is -1.11. The standard InChI is InChI=1S/C26H29N7O4S/c34-14-15-12-18(22(36)21(15)35)28-23-20(25-29-17-5-1-2-6-19(17)38-25)24(37)31-26(30-23)33-10-8-32(9-11-33)16-4-3-7-27-13-16/h1-7,13,15,18,21-22,34-36H,8-12,14H2,(H2,28,30,31,37)/t15-,18-,21-,22+/m1/s1. The molecular weight excluding hydrogens is 506 g/mol. The van der Waals surface area contributed by atoms with Gasteiger partial charge >= 0.3 is 0 Å². The van der Waals surface area contributed by atoms with E-state index < -0.39 is 24.2 Å². The van der Waals surface area contributed by atoms with Gasteiger partial charge in [-0.05, 0) is 30.7 Å². The highest BCUT2D eigenvalue weighted by Gasteiger charge is 2.41. The molecule has 0 bridgehead atoms. The molecule has 5 N–H and O–H groups in total. The summed E-state index contributed by atoms with van der Waals surface area (Å²) in [6.45, 7) is 2.54. The highest BCUT2D eigenvalue weighted by Crippen LogP contribution is 2.35. The smallest absolute Gasteiger partial charge is 0.264 e. The molecule has 0 unspecified atom stereocenters. The van der Waals surface area contributed by atoms with Crippen molar-refractivity contribution < 1.29 is 15.3 Å². The van der Waals surface area contributed by atoms with Crippen LogP contribution in [-0.4, -0.2) is 86.3 Å². The molecule has 6 rings (SSSR count). The first-order valence-corrected chi connectivity index (χ1v) is 13.5. The first-order chi connectivity index (χ1) is 18.5. The normalized spacial score (nSPS) is 23.8. The number of rotatable bonds is 6. The molecule has 0 radical (unpaired) electrons. The van der Waals surface area contributed by atoms with Crippen molar-refractivity contribution in [1.29, 1.82) is 0 Å². The molecule has 1 aliphatic heterocycles. The molecule has 2 aliphatic rings. The predicted octanol–water partition coefficient (Wildman–Crippen LogP) is 1.28. The van der Waals surface area contributed by atoms with E-state index in [1.54, 1.807) is 6.20 Å². The number of pyridine rings is 1. The van der Waals surface area contributed by atoms with Crippen LogP contribution in [0.25, 0.3) is 20.8 Å². The van der Waals surface area contributed by atoms with Crippen LogP contribution in [0.1, 0.15) is 6.42 Å². The van der Waals surface area contributed by atoms with E-state index in [9.17, 15) is 20.1 Å². The Hall–Kier alpha value is -3.58. The van der Waals surface area contributed by atoms with E-state index in [0.717, 1.165) is 29.0 Å². The zero-order chi connectivity index (χ0) is 26.2. The minimum absolute atomic E-state index is 0.240. The van der Waals surface area contributed by atoms with Gasteiger partial charge in [0.2, 0.25) is 5.95 Å². The van der Waals surface area contributed by atoms with E-state index in [2.05, 4.69) is 25.2 Å². The molecular formula is C26H29N7O4S. The molecule has 4 heterocycles. The van der Waals surface area contributed by atoms with Gasteiger partial charge in [-0.2, -0.15) is 4.98 Å². The van der Waals surface area contributed by atoms with E-state index in [-0.39, 0.29) is 17.7 Å². The number of para-hydroxylation sites is 1. The van der Waals surface area contributed by atoms with Gasteiger partial charge in [-0.1, -0.05) is 12.1 Å². The predicted molar refractivity (Wildman–Crippen MR) is 147 cm³/mol. The molecule has 0 amide bonds. The molecule has 0 spiro atoms. The van der Waals surface area contributed by atoms with E-state index in [4.69, 9.17) is 4.98 Å². The molecule has 1 saturated carbocycles. The quantitative estimate of drug-likeness (QED) is 0.244. The van der Waals surface area contributed by atoms with Crippen molar-refractivity contribution in [3.05, 3.63) is 59.1 Å². The Labute approximate surface area is 222 Å². The Morgan fingerprint density at radius 3 is 2.53 bits per heavy atom. The number of piperazine rings is 1. The minimum Gasteiger partial charge on any atom is -0.396 e. The van der Waals surface area contributed by atoms with Crippen LogP contribution >= 0.6 is 11.3 Å². The van der Waals surface area contributed by atoms with Gasteiger partial charge in [-0.15, -0.1) is 11.3 Å². The molecule has 198 valence electrons. The zero-order valence-electron chi connectivity index (χ0n) is 20.6. The number of nitrogens with one attached hydrogen (secondary N) is 2. The third kappa shape index (κ3) is 4.60. The van der Waals surface area contributed by atoms with E-state index >= 15 is 0 Å². The van der Waals surface area contributed by atoms with Gasteiger partial charge in [0.05, 0.1) is 34.2 Å². The number of H-pyrrole nitrogens is 1. The summed E-state index contributed by atoms with van der Waals surface area (Å²) >= 11 is 1.39. The summed E-state index contributed by atoms with van der Waals surface area (Å²) in [6.07, 6.45) is 1.75. The fraction of sp³-hybridized carbons (Fsp3) is 0.385. The van der Waals surface area contributed by atoms with Crippen LogP contribution in [0.15, 0.2) is 53.6 Å². The van der Waals surface area contributed by atoms with Crippen LogP contribution < -0.4 is 20.7 Å². The third-order valence-electron chi connectivity index (χ3n) is 7.36. The summed E-state index contributed by atoms with van der Waals surface area (Å²) in [7, 11) is 0. The monoisotopic (exact) mass is 535 g/mol. The van der Waals surface area contributed by atoms with Gasteiger partial charge in [0.15, 0.2) is 0 Å². The second-order valence-electron chi connectivity index (χ2n) is 9.70. The maximum Gasteiger partial charge on any atom is 0.264 e. The second kappa shape index (κ2) is 10.3. The van der Waals surface area contributed by atoms with Crippen LogP contribution in [0.3, 0.4) is 0 Å². The average molecular weight is 536 g/mol. The molecule has 12 heteroatoms. The van der Waals surface area contributed by atoms with Gasteiger partial charge in [-0.25, -0.2) is 4.98 Å². The number of anilines is 3. The highest BCUT2D eigenvalue weighted by atomic mass is 32.1. The Morgan fingerprint density at radius 2 is 1.82 bits per heavy atom. The van der Waals surface area contributed by atoms with Gasteiger partial charge in [0.25, 0.3) is 5.56 Å². The lowest BCUT2D eigenvalue weighted by molar-refractivity contribution is 0.00446. The first kappa shape index (κ1) is 24.7. The summed E-state index contributed by atoms with van der Waals surface area (Å²) in [6, 6.07) is 11.0. The fourth-order valence-corrected chi connectivity index (χ4v) is 6.24. The van der Waals surface area contributed by atoms with Crippen LogP contribution in [-0.2, 0) is 0 Å². The number of aliphatic hydroxyl groups is 3. The van der Waals surface area contributed by atoms with Crippen molar-refractivity contribution in [3.8, 4) is 10.6 Å². The summed E-state index contributed by atoms with van der Waals surface area (Å²) < 4.78 is 0.945. The number of thiazole rings is 1. The topological polar surface area (TPSA) is 151 Å². The van der Waals surface area contributed by atoms with Gasteiger partial charge < -0.3 is 30.4 Å². The number of hydrogen-bond acceptors (Lipinski definition) is 11. The van der Waals surface area contributed by atoms with E-state index in [1.165, 1.54) is 11.3 Å². The number of aliphatic hydroxyl groups excluding tert-OH is 3. The number of fused-ring (bicyclic) bond motifs is 1. The van der Waals surface area contributed by atoms with Crippen molar-refractivity contribution in [3.63, 3.8) is 0 Å². The van der Waals surface area contributed by atoms with Gasteiger partial charge in [-0.3, -0.25) is 14.8 Å². The van der Waals surface area contributed by atoms with Crippen molar-refractivity contribution >= 4 is 39.0 Å². The molecule has 4 atom stereocenters. The van der Waals surface area contributed by atoms with Crippen LogP contribution in [0.2, 0.25) is 0 Å². The number of benzene rings is 1. The van der Waals surface area contributed by atoms with Crippen molar-refractivity contribution in [2.45, 2.75) is 24.7 Å². The fourth-order valence-electron chi connectivity index (χ4n) is 5.23. The maximum atomic E-state index is 13.5. The molecule has 2 fully saturated rings. The molecule has 1 saturated heterocycles. The lowest BCUT2D eigenvalue weighted by Gasteiger charge is -2.36. The van der Waals surface area contributed by atoms with Crippen LogP contribution in [0.4, 0.5) is 17.5 Å². The molecule has 4 aromatic rings. The Bertz CT molecular complexity index is 1440. The molecule has 11 nitrogen and oxygen atoms in total. The average Bonchev–Trinajstić information content (AvgIpc) is 3.49. The SMILES string of the molecule is O=c1[nH]c(N2CCN(c3cccnc3)CC2)nc(N[C@@H]2C[C@H](CO)[C@@H](O)[C@H]2O)c1-c1nc2ccccc2s1. The van der Waals surface area contributed by atoms with Crippen molar-refractivity contribution in [2.24, 2.45) is 5.92 Å². The van der Waals surface area contributed by atoms with Gasteiger partial charge in [0, 0.05) is 44.9 Å². The number of nitrogens with zero attached hydrogens (tertiary/aromatic N) is 5. The van der Waals surface area contributed by atoms with Crippen molar-refractivity contribution in [1.82, 2.24) is 19.9 Å². The number of hydrogen-bond donors (Lipinski definition) is 5. The second-order valence-corrected chi connectivity index (χ2v) is 10.7. The Kier molecular flexibility index (Phi) is 6.70. The number of aromatic nitrogens is 4. The molecule has 1 aliphatic carbocycles. The largest absolute Gasteiger partial charge is 0.396 e. The molecule has 3 aromatic heterocycles.